The number of carboxylic acid groups (broad SMARTS) is 2. The van der Waals surface area contributed by atoms with Crippen molar-refractivity contribution in [3.63, 3.8) is 0 Å². The Labute approximate surface area is 118 Å². The van der Waals surface area contributed by atoms with E-state index in [1.165, 1.54) is 42.6 Å². The molecule has 3 N–H and O–H groups in total. The number of nitrogens with zero attached hydrogens (tertiary/aromatic N) is 1. The van der Waals surface area contributed by atoms with Crippen molar-refractivity contribution in [2.75, 3.05) is 5.32 Å². The second kappa shape index (κ2) is 5.83. The first-order valence-corrected chi connectivity index (χ1v) is 5.82. The normalized spacial score (nSPS) is 9.90. The quantitative estimate of drug-likeness (QED) is 0.788. The number of carbonyl (C=O) groups excluding carboxylic acids is 1. The van der Waals surface area contributed by atoms with Crippen LogP contribution in [0, 0.1) is 0 Å². The van der Waals surface area contributed by atoms with E-state index in [1.54, 1.807) is 0 Å². The summed E-state index contributed by atoms with van der Waals surface area (Å²) in [6.07, 6.45) is 1.28. The van der Waals surface area contributed by atoms with E-state index in [4.69, 9.17) is 10.2 Å². The topological polar surface area (TPSA) is 117 Å². The van der Waals surface area contributed by atoms with Crippen LogP contribution in [0.1, 0.15) is 31.2 Å². The fourth-order valence-electron chi connectivity index (χ4n) is 1.65. The van der Waals surface area contributed by atoms with Crippen molar-refractivity contribution in [3.05, 3.63) is 59.4 Å². The van der Waals surface area contributed by atoms with Crippen molar-refractivity contribution in [1.29, 1.82) is 0 Å². The lowest BCUT2D eigenvalue weighted by molar-refractivity contribution is 0.0680. The van der Waals surface area contributed by atoms with Gasteiger partial charge in [-0.05, 0) is 36.4 Å². The minimum atomic E-state index is -1.30. The lowest BCUT2D eigenvalue weighted by Gasteiger charge is -2.07. The molecule has 0 saturated carbocycles. The Bertz CT molecular complexity index is 710. The highest BCUT2D eigenvalue weighted by atomic mass is 16.4. The zero-order valence-corrected chi connectivity index (χ0v) is 10.6. The summed E-state index contributed by atoms with van der Waals surface area (Å²) < 4.78 is 0. The van der Waals surface area contributed by atoms with E-state index in [1.807, 2.05) is 0 Å². The van der Waals surface area contributed by atoms with Gasteiger partial charge in [-0.25, -0.2) is 14.6 Å². The number of aromatic carboxylic acids is 2. The first kappa shape index (κ1) is 14.2. The third-order valence-corrected chi connectivity index (χ3v) is 2.64. The smallest absolute Gasteiger partial charge is 0.355 e. The van der Waals surface area contributed by atoms with Crippen LogP contribution in [-0.4, -0.2) is 33.0 Å². The average Bonchev–Trinajstić information content (AvgIpc) is 2.47. The van der Waals surface area contributed by atoms with E-state index in [-0.39, 0.29) is 16.8 Å². The van der Waals surface area contributed by atoms with E-state index < -0.39 is 17.8 Å². The first-order chi connectivity index (χ1) is 9.99. The summed E-state index contributed by atoms with van der Waals surface area (Å²) in [6, 6.07) is 8.29. The number of aromatic nitrogens is 1. The minimum absolute atomic E-state index is 0.0766. The van der Waals surface area contributed by atoms with Crippen molar-refractivity contribution in [2.24, 2.45) is 0 Å². The maximum Gasteiger partial charge on any atom is 0.355 e. The van der Waals surface area contributed by atoms with Gasteiger partial charge >= 0.3 is 11.9 Å². The van der Waals surface area contributed by atoms with Crippen LogP contribution < -0.4 is 5.32 Å². The number of carboxylic acids is 2. The van der Waals surface area contributed by atoms with Gasteiger partial charge in [-0.15, -0.1) is 0 Å². The summed E-state index contributed by atoms with van der Waals surface area (Å²) in [5, 5.41) is 20.2. The predicted octanol–water partition coefficient (Wildman–Crippen LogP) is 1.73. The van der Waals surface area contributed by atoms with Gasteiger partial charge in [0.15, 0.2) is 5.69 Å². The molecule has 1 heterocycles. The second-order valence-electron chi connectivity index (χ2n) is 4.04. The van der Waals surface area contributed by atoms with Crippen molar-refractivity contribution in [2.45, 2.75) is 0 Å². The van der Waals surface area contributed by atoms with E-state index in [0.717, 1.165) is 0 Å². The Kier molecular flexibility index (Phi) is 3.94. The lowest BCUT2D eigenvalue weighted by Crippen LogP contribution is -2.17. The third-order valence-electron chi connectivity index (χ3n) is 2.64. The van der Waals surface area contributed by atoms with Crippen molar-refractivity contribution < 1.29 is 24.6 Å². The minimum Gasteiger partial charge on any atom is -0.478 e. The highest BCUT2D eigenvalue weighted by Gasteiger charge is 2.17. The fraction of sp³-hybridized carbons (Fsp3) is 0. The van der Waals surface area contributed by atoms with Crippen LogP contribution in [0.4, 0.5) is 5.69 Å². The van der Waals surface area contributed by atoms with Gasteiger partial charge < -0.3 is 15.5 Å². The number of hydrogen-bond acceptors (Lipinski definition) is 4. The van der Waals surface area contributed by atoms with Crippen LogP contribution in [0.3, 0.4) is 0 Å². The molecule has 0 bridgehead atoms. The molecular formula is C14H10N2O5. The average molecular weight is 286 g/mol. The number of rotatable bonds is 4. The molecule has 0 radical (unpaired) electrons. The van der Waals surface area contributed by atoms with Gasteiger partial charge in [-0.1, -0.05) is 0 Å². The van der Waals surface area contributed by atoms with Crippen LogP contribution in [-0.2, 0) is 0 Å². The van der Waals surface area contributed by atoms with Gasteiger partial charge in [0, 0.05) is 11.9 Å². The number of hydrogen-bond donors (Lipinski definition) is 3. The molecule has 7 heteroatoms. The lowest BCUT2D eigenvalue weighted by atomic mass is 10.1. The number of anilines is 1. The Balaban J connectivity index is 2.22. The molecule has 0 atom stereocenters. The molecule has 1 aromatic heterocycles. The van der Waals surface area contributed by atoms with E-state index >= 15 is 0 Å². The summed E-state index contributed by atoms with van der Waals surface area (Å²) in [5.41, 5.74) is 0.00950. The van der Waals surface area contributed by atoms with E-state index in [2.05, 4.69) is 10.3 Å². The molecule has 7 nitrogen and oxygen atoms in total. The molecular weight excluding hydrogens is 276 g/mol. The molecule has 2 rings (SSSR count). The summed E-state index contributed by atoms with van der Waals surface area (Å²) in [7, 11) is 0. The summed E-state index contributed by atoms with van der Waals surface area (Å²) in [6.45, 7) is 0. The zero-order chi connectivity index (χ0) is 15.4. The van der Waals surface area contributed by atoms with Crippen LogP contribution in [0.2, 0.25) is 0 Å². The fourth-order valence-corrected chi connectivity index (χ4v) is 1.65. The molecule has 1 amide bonds. The van der Waals surface area contributed by atoms with E-state index in [0.29, 0.717) is 5.69 Å². The third kappa shape index (κ3) is 3.21. The summed E-state index contributed by atoms with van der Waals surface area (Å²) >= 11 is 0. The summed E-state index contributed by atoms with van der Waals surface area (Å²) in [5.74, 6) is -3.01. The van der Waals surface area contributed by atoms with Gasteiger partial charge in [0.25, 0.3) is 5.91 Å². The molecule has 0 unspecified atom stereocenters. The van der Waals surface area contributed by atoms with Gasteiger partial charge in [0.05, 0.1) is 11.1 Å². The van der Waals surface area contributed by atoms with Crippen LogP contribution >= 0.6 is 0 Å². The second-order valence-corrected chi connectivity index (χ2v) is 4.04. The molecule has 0 aliphatic rings. The summed E-state index contributed by atoms with van der Waals surface area (Å²) in [4.78, 5) is 37.4. The van der Waals surface area contributed by atoms with Gasteiger partial charge in [0.1, 0.15) is 0 Å². The number of pyridine rings is 1. The molecule has 21 heavy (non-hydrogen) atoms. The molecule has 0 aliphatic heterocycles. The molecule has 0 saturated heterocycles. The van der Waals surface area contributed by atoms with Crippen molar-refractivity contribution in [3.8, 4) is 0 Å². The SMILES string of the molecule is O=C(O)c1ccc(NC(=O)c2cccnc2C(=O)O)cc1. The number of amides is 1. The monoisotopic (exact) mass is 286 g/mol. The van der Waals surface area contributed by atoms with Crippen LogP contribution in [0.5, 0.6) is 0 Å². The van der Waals surface area contributed by atoms with E-state index in [9.17, 15) is 14.4 Å². The molecule has 2 aromatic rings. The van der Waals surface area contributed by atoms with Crippen LogP contribution in [0.15, 0.2) is 42.6 Å². The maximum atomic E-state index is 12.0. The number of carbonyl (C=O) groups is 3. The molecule has 1 aromatic carbocycles. The van der Waals surface area contributed by atoms with Gasteiger partial charge in [0.2, 0.25) is 0 Å². The number of benzene rings is 1. The first-order valence-electron chi connectivity index (χ1n) is 5.82. The number of nitrogens with one attached hydrogen (secondary N) is 1. The molecule has 0 fully saturated rings. The Morgan fingerprint density at radius 3 is 2.19 bits per heavy atom. The Morgan fingerprint density at radius 1 is 0.952 bits per heavy atom. The maximum absolute atomic E-state index is 12.0. The Morgan fingerprint density at radius 2 is 1.62 bits per heavy atom. The van der Waals surface area contributed by atoms with Crippen molar-refractivity contribution >= 4 is 23.5 Å². The van der Waals surface area contributed by atoms with Crippen LogP contribution in [0.25, 0.3) is 0 Å². The van der Waals surface area contributed by atoms with Gasteiger partial charge in [-0.3, -0.25) is 4.79 Å². The molecule has 0 spiro atoms. The van der Waals surface area contributed by atoms with Gasteiger partial charge in [-0.2, -0.15) is 0 Å². The van der Waals surface area contributed by atoms with Crippen molar-refractivity contribution in [1.82, 2.24) is 4.98 Å². The highest BCUT2D eigenvalue weighted by Crippen LogP contribution is 2.13. The highest BCUT2D eigenvalue weighted by molar-refractivity contribution is 6.09. The molecule has 106 valence electrons. The Hall–Kier alpha value is -3.22. The zero-order valence-electron chi connectivity index (χ0n) is 10.6. The standard InChI is InChI=1S/C14H10N2O5/c17-12(10-2-1-7-15-11(10)14(20)21)16-9-5-3-8(4-6-9)13(18)19/h1-7H,(H,16,17)(H,18,19)(H,20,21). The predicted molar refractivity (Wildman–Crippen MR) is 72.6 cm³/mol. The largest absolute Gasteiger partial charge is 0.478 e. The molecule has 0 aliphatic carbocycles.